The number of anilines is 1. The van der Waals surface area contributed by atoms with E-state index in [1.165, 1.54) is 24.2 Å². The van der Waals surface area contributed by atoms with E-state index in [0.29, 0.717) is 31.4 Å². The first-order valence-electron chi connectivity index (χ1n) is 13.4. The van der Waals surface area contributed by atoms with Crippen LogP contribution in [0.3, 0.4) is 0 Å². The molecule has 7 heteroatoms. The first-order valence-corrected chi connectivity index (χ1v) is 13.4. The molecule has 0 aliphatic heterocycles. The average Bonchev–Trinajstić information content (AvgIpc) is 3.16. The van der Waals surface area contributed by atoms with E-state index in [9.17, 15) is 22.8 Å². The lowest BCUT2D eigenvalue weighted by atomic mass is 9.47. The molecule has 1 unspecified atom stereocenters. The Hall–Kier alpha value is -2.85. The van der Waals surface area contributed by atoms with E-state index in [0.717, 1.165) is 17.6 Å². The minimum Gasteiger partial charge on any atom is -0.399 e. The van der Waals surface area contributed by atoms with Crippen molar-refractivity contribution >= 4 is 17.3 Å². The molecule has 1 aromatic carbocycles. The molecule has 1 aromatic rings. The zero-order valence-corrected chi connectivity index (χ0v) is 22.1. The van der Waals surface area contributed by atoms with Gasteiger partial charge < -0.3 is 10.5 Å². The largest absolute Gasteiger partial charge is 0.457 e. The highest BCUT2D eigenvalue weighted by Gasteiger charge is 2.66. The molecule has 0 heterocycles. The number of allylic oxidation sites excluding steroid dienone is 4. The van der Waals surface area contributed by atoms with Gasteiger partial charge in [0, 0.05) is 31.1 Å². The number of rotatable bonds is 4. The van der Waals surface area contributed by atoms with Crippen LogP contribution in [-0.2, 0) is 14.3 Å². The lowest BCUT2D eigenvalue weighted by Gasteiger charge is -2.55. The molecule has 202 valence electrons. The van der Waals surface area contributed by atoms with Crippen molar-refractivity contribution in [1.82, 2.24) is 0 Å². The van der Waals surface area contributed by atoms with Gasteiger partial charge in [-0.3, -0.25) is 9.59 Å². The van der Waals surface area contributed by atoms with Crippen molar-refractivity contribution in [2.75, 3.05) is 19.5 Å². The Bertz CT molecular complexity index is 1280. The molecule has 5 rings (SSSR count). The molecule has 2 saturated carbocycles. The summed E-state index contributed by atoms with van der Waals surface area (Å²) in [7, 11) is 1.39. The highest BCUT2D eigenvalue weighted by molar-refractivity contribution is 5.93. The minimum atomic E-state index is -4.69. The SMILES string of the molecule is COCC(=O)[C@]1(C#CC(F)(F)F)CC[C@H]2[C@@H]3CC(C)C4=CC(=O)CCC4=C3[C@@H](c3ccc(N)cc3)C[C@@]21C. The standard InChI is InChI=1S/C31H34F3NO3/c1-18-14-24-26-10-11-30(27(37)17-38-3,12-13-31(32,33)34)29(26,2)16-25(19-4-6-20(35)7-5-19)28(24)22-9-8-21(36)15-23(18)22/h4-7,15,18,24-26H,8-11,14,16-17,35H2,1-3H3/t18?,24-,25+,26-,29-,30+/m0/s1. The predicted octanol–water partition coefficient (Wildman–Crippen LogP) is 6.18. The molecule has 4 nitrogen and oxygen atoms in total. The molecule has 0 aromatic heterocycles. The maximum absolute atomic E-state index is 13.7. The lowest BCUT2D eigenvalue weighted by Crippen LogP contribution is -2.52. The molecule has 0 radical (unpaired) electrons. The molecule has 38 heavy (non-hydrogen) atoms. The van der Waals surface area contributed by atoms with Gasteiger partial charge in [0.25, 0.3) is 0 Å². The number of ketones is 2. The van der Waals surface area contributed by atoms with Gasteiger partial charge >= 0.3 is 6.18 Å². The van der Waals surface area contributed by atoms with Gasteiger partial charge in [-0.2, -0.15) is 13.2 Å². The Morgan fingerprint density at radius 1 is 1.21 bits per heavy atom. The normalized spacial score (nSPS) is 34.5. The fourth-order valence-electron chi connectivity index (χ4n) is 8.17. The van der Waals surface area contributed by atoms with E-state index in [2.05, 4.69) is 12.8 Å². The summed E-state index contributed by atoms with van der Waals surface area (Å²) < 4.78 is 45.4. The third-order valence-electron chi connectivity index (χ3n) is 9.79. The fraction of sp³-hybridized carbons (Fsp3) is 0.548. The van der Waals surface area contributed by atoms with Crippen LogP contribution in [0.2, 0.25) is 0 Å². The molecule has 0 spiro atoms. The van der Waals surface area contributed by atoms with Crippen molar-refractivity contribution < 1.29 is 27.5 Å². The maximum atomic E-state index is 13.7. The second-order valence-corrected chi connectivity index (χ2v) is 11.7. The van der Waals surface area contributed by atoms with Gasteiger partial charge in [0.1, 0.15) is 6.61 Å². The third-order valence-corrected chi connectivity index (χ3v) is 9.79. The molecule has 0 amide bonds. The molecule has 4 aliphatic carbocycles. The molecule has 0 bridgehead atoms. The maximum Gasteiger partial charge on any atom is 0.457 e. The number of ether oxygens (including phenoxy) is 1. The first kappa shape index (κ1) is 26.7. The average molecular weight is 526 g/mol. The Morgan fingerprint density at radius 3 is 2.58 bits per heavy atom. The fourth-order valence-corrected chi connectivity index (χ4v) is 8.17. The number of hydrogen-bond acceptors (Lipinski definition) is 4. The number of benzene rings is 1. The van der Waals surface area contributed by atoms with Crippen LogP contribution in [0, 0.1) is 40.4 Å². The number of hydrogen-bond donors (Lipinski definition) is 1. The van der Waals surface area contributed by atoms with Gasteiger partial charge in [-0.15, -0.1) is 0 Å². The summed E-state index contributed by atoms with van der Waals surface area (Å²) >= 11 is 0. The summed E-state index contributed by atoms with van der Waals surface area (Å²) in [6.45, 7) is 3.84. The zero-order valence-electron chi connectivity index (χ0n) is 22.1. The van der Waals surface area contributed by atoms with Gasteiger partial charge in [0.05, 0.1) is 5.41 Å². The van der Waals surface area contributed by atoms with Crippen LogP contribution in [-0.4, -0.2) is 31.5 Å². The smallest absolute Gasteiger partial charge is 0.399 e. The van der Waals surface area contributed by atoms with E-state index in [1.54, 1.807) is 6.08 Å². The monoisotopic (exact) mass is 525 g/mol. The van der Waals surface area contributed by atoms with Crippen molar-refractivity contribution in [2.45, 2.75) is 64.5 Å². The van der Waals surface area contributed by atoms with Gasteiger partial charge in [-0.05, 0) is 90.2 Å². The highest BCUT2D eigenvalue weighted by Crippen LogP contribution is 2.70. The Morgan fingerprint density at radius 2 is 1.92 bits per heavy atom. The van der Waals surface area contributed by atoms with E-state index < -0.39 is 17.0 Å². The minimum absolute atomic E-state index is 0.000000420. The summed E-state index contributed by atoms with van der Waals surface area (Å²) in [6, 6.07) is 7.66. The molecule has 2 fully saturated rings. The van der Waals surface area contributed by atoms with Crippen LogP contribution in [0.1, 0.15) is 63.9 Å². The molecule has 6 atom stereocenters. The number of methoxy groups -OCH3 is 1. The van der Waals surface area contributed by atoms with E-state index in [4.69, 9.17) is 10.5 Å². The summed E-state index contributed by atoms with van der Waals surface area (Å²) in [5.41, 5.74) is 9.06. The molecule has 4 aliphatic rings. The van der Waals surface area contributed by atoms with Crippen LogP contribution >= 0.6 is 0 Å². The van der Waals surface area contributed by atoms with Crippen LogP contribution in [0.25, 0.3) is 0 Å². The molecule has 2 N–H and O–H groups in total. The topological polar surface area (TPSA) is 69.4 Å². The number of alkyl halides is 3. The third kappa shape index (κ3) is 4.22. The van der Waals surface area contributed by atoms with Gasteiger partial charge in [0.2, 0.25) is 0 Å². The Balaban J connectivity index is 1.73. The van der Waals surface area contributed by atoms with Crippen molar-refractivity contribution in [3.05, 3.63) is 52.6 Å². The number of fused-ring (bicyclic) bond motifs is 4. The van der Waals surface area contributed by atoms with E-state index in [1.807, 2.05) is 31.2 Å². The van der Waals surface area contributed by atoms with E-state index in [-0.39, 0.29) is 48.3 Å². The molecular weight excluding hydrogens is 491 g/mol. The number of carbonyl (C=O) groups excluding carboxylic acids is 2. The second-order valence-electron chi connectivity index (χ2n) is 11.7. The van der Waals surface area contributed by atoms with Crippen LogP contribution in [0.4, 0.5) is 18.9 Å². The number of nitrogens with two attached hydrogens (primary N) is 1. The van der Waals surface area contributed by atoms with E-state index >= 15 is 0 Å². The van der Waals surface area contributed by atoms with Crippen molar-refractivity contribution in [2.24, 2.45) is 28.6 Å². The van der Waals surface area contributed by atoms with Crippen LogP contribution < -0.4 is 5.73 Å². The Labute approximate surface area is 221 Å². The highest BCUT2D eigenvalue weighted by atomic mass is 19.4. The second kappa shape index (κ2) is 9.41. The first-order chi connectivity index (χ1) is 17.9. The molecule has 0 saturated heterocycles. The quantitative estimate of drug-likeness (QED) is 0.376. The number of Topliss-reactive ketones (excluding diaryl/α,β-unsaturated/α-hetero) is 1. The summed E-state index contributed by atoms with van der Waals surface area (Å²) in [6.07, 6.45) is 0.445. The van der Waals surface area contributed by atoms with Gasteiger partial charge in [0.15, 0.2) is 11.6 Å². The number of halogens is 3. The van der Waals surface area contributed by atoms with Gasteiger partial charge in [-0.1, -0.05) is 37.5 Å². The van der Waals surface area contributed by atoms with Gasteiger partial charge in [-0.25, -0.2) is 0 Å². The van der Waals surface area contributed by atoms with Crippen molar-refractivity contribution in [3.8, 4) is 11.8 Å². The number of carbonyl (C=O) groups is 2. The molecular formula is C31H34F3NO3. The van der Waals surface area contributed by atoms with Crippen molar-refractivity contribution in [3.63, 3.8) is 0 Å². The van der Waals surface area contributed by atoms with Crippen LogP contribution in [0.5, 0.6) is 0 Å². The summed E-state index contributed by atoms with van der Waals surface area (Å²) in [5, 5.41) is 0. The van der Waals surface area contributed by atoms with Crippen LogP contribution in [0.15, 0.2) is 47.1 Å². The zero-order chi connectivity index (χ0) is 27.5. The summed E-state index contributed by atoms with van der Waals surface area (Å²) in [5.74, 6) is 3.92. The predicted molar refractivity (Wildman–Crippen MR) is 139 cm³/mol. The lowest BCUT2D eigenvalue weighted by molar-refractivity contribution is -0.137. The number of nitrogen functional groups attached to an aromatic ring is 1. The Kier molecular flexibility index (Phi) is 6.62. The van der Waals surface area contributed by atoms with Crippen molar-refractivity contribution in [1.29, 1.82) is 0 Å². The summed E-state index contributed by atoms with van der Waals surface area (Å²) in [4.78, 5) is 26.0.